The first-order chi connectivity index (χ1) is 9.15. The van der Waals surface area contributed by atoms with Crippen molar-refractivity contribution >= 4 is 17.6 Å². The summed E-state index contributed by atoms with van der Waals surface area (Å²) < 4.78 is 10.6. The van der Waals surface area contributed by atoms with Crippen LogP contribution in [0.25, 0.3) is 0 Å². The quantitative estimate of drug-likeness (QED) is 0.921. The molecule has 0 bridgehead atoms. The molecule has 0 amide bonds. The lowest BCUT2D eigenvalue weighted by Crippen LogP contribution is -2.14. The lowest BCUT2D eigenvalue weighted by Gasteiger charge is -2.22. The summed E-state index contributed by atoms with van der Waals surface area (Å²) in [6.45, 7) is 0.726. The van der Waals surface area contributed by atoms with Crippen LogP contribution in [0.3, 0.4) is 0 Å². The Morgan fingerprint density at radius 3 is 2.95 bits per heavy atom. The van der Waals surface area contributed by atoms with Crippen LogP contribution in [-0.2, 0) is 16.1 Å². The monoisotopic (exact) mass is 282 g/mol. The predicted molar refractivity (Wildman–Crippen MR) is 69.5 cm³/mol. The number of halogens is 1. The smallest absolute Gasteiger partial charge is 0.303 e. The van der Waals surface area contributed by atoms with E-state index in [0.29, 0.717) is 17.5 Å². The van der Waals surface area contributed by atoms with E-state index in [0.717, 1.165) is 29.7 Å². The van der Waals surface area contributed by atoms with Gasteiger partial charge in [0.15, 0.2) is 6.79 Å². The number of carboxylic acids is 1. The van der Waals surface area contributed by atoms with Crippen molar-refractivity contribution in [2.45, 2.75) is 31.8 Å². The predicted octanol–water partition coefficient (Wildman–Crippen LogP) is 3.17. The molecule has 0 spiro atoms. The normalized spacial score (nSPS) is 19.4. The Labute approximate surface area is 116 Å². The minimum absolute atomic E-state index is 0.0123. The SMILES string of the molecule is O=C(O)CC(c1cc2c(cc1Cl)COCO2)C1CC1. The molecule has 1 heterocycles. The molecule has 4 nitrogen and oxygen atoms in total. The highest BCUT2D eigenvalue weighted by molar-refractivity contribution is 6.31. The van der Waals surface area contributed by atoms with E-state index in [2.05, 4.69) is 0 Å². The second-order valence-electron chi connectivity index (χ2n) is 5.13. The van der Waals surface area contributed by atoms with Crippen LogP contribution in [-0.4, -0.2) is 17.9 Å². The van der Waals surface area contributed by atoms with Crippen LogP contribution in [0.15, 0.2) is 12.1 Å². The molecule has 1 aromatic carbocycles. The van der Waals surface area contributed by atoms with Crippen molar-refractivity contribution in [3.63, 3.8) is 0 Å². The van der Waals surface area contributed by atoms with Crippen LogP contribution in [0, 0.1) is 5.92 Å². The summed E-state index contributed by atoms with van der Waals surface area (Å²) in [5, 5.41) is 9.67. The van der Waals surface area contributed by atoms with Crippen LogP contribution in [0.5, 0.6) is 5.75 Å². The number of hydrogen-bond acceptors (Lipinski definition) is 3. The average Bonchev–Trinajstić information content (AvgIpc) is 3.19. The van der Waals surface area contributed by atoms with Gasteiger partial charge in [0.1, 0.15) is 5.75 Å². The number of hydrogen-bond donors (Lipinski definition) is 1. The van der Waals surface area contributed by atoms with E-state index in [1.165, 1.54) is 0 Å². The number of benzene rings is 1. The summed E-state index contributed by atoms with van der Waals surface area (Å²) in [5.74, 6) is 0.407. The molecule has 0 saturated heterocycles. The van der Waals surface area contributed by atoms with E-state index in [4.69, 9.17) is 26.2 Å². The van der Waals surface area contributed by atoms with E-state index in [9.17, 15) is 4.79 Å². The van der Waals surface area contributed by atoms with Crippen molar-refractivity contribution in [2.75, 3.05) is 6.79 Å². The van der Waals surface area contributed by atoms with E-state index >= 15 is 0 Å². The maximum atomic E-state index is 11.0. The maximum Gasteiger partial charge on any atom is 0.303 e. The van der Waals surface area contributed by atoms with Gasteiger partial charge in [0, 0.05) is 10.6 Å². The standard InChI is InChI=1S/C14H15ClO4/c15-12-3-9-6-18-7-19-13(9)4-11(12)10(5-14(16)17)8-1-2-8/h3-4,8,10H,1-2,5-7H2,(H,16,17). The number of carbonyl (C=O) groups is 1. The summed E-state index contributed by atoms with van der Waals surface area (Å²) in [7, 11) is 0. The van der Waals surface area contributed by atoms with Crippen molar-refractivity contribution in [1.82, 2.24) is 0 Å². The van der Waals surface area contributed by atoms with Crippen molar-refractivity contribution in [2.24, 2.45) is 5.92 Å². The van der Waals surface area contributed by atoms with Gasteiger partial charge in [-0.2, -0.15) is 0 Å². The number of carboxylic acid groups (broad SMARTS) is 1. The molecule has 5 heteroatoms. The number of fused-ring (bicyclic) bond motifs is 1. The second-order valence-corrected chi connectivity index (χ2v) is 5.54. The third-order valence-electron chi connectivity index (χ3n) is 3.72. The summed E-state index contributed by atoms with van der Waals surface area (Å²) in [4.78, 5) is 11.0. The fraction of sp³-hybridized carbons (Fsp3) is 0.500. The number of rotatable bonds is 4. The first kappa shape index (κ1) is 12.8. The van der Waals surface area contributed by atoms with Gasteiger partial charge in [-0.1, -0.05) is 11.6 Å². The van der Waals surface area contributed by atoms with Gasteiger partial charge in [0.25, 0.3) is 0 Å². The largest absolute Gasteiger partial charge is 0.481 e. The van der Waals surface area contributed by atoms with Gasteiger partial charge in [0.05, 0.1) is 13.0 Å². The fourth-order valence-corrected chi connectivity index (χ4v) is 2.94. The van der Waals surface area contributed by atoms with E-state index < -0.39 is 5.97 Å². The Morgan fingerprint density at radius 2 is 2.26 bits per heavy atom. The molecule has 0 aromatic heterocycles. The molecule has 1 unspecified atom stereocenters. The molecule has 102 valence electrons. The van der Waals surface area contributed by atoms with Crippen LogP contribution in [0.1, 0.15) is 36.3 Å². The lowest BCUT2D eigenvalue weighted by molar-refractivity contribution is -0.137. The summed E-state index contributed by atoms with van der Waals surface area (Å²) in [6.07, 6.45) is 2.28. The maximum absolute atomic E-state index is 11.0. The van der Waals surface area contributed by atoms with Gasteiger partial charge < -0.3 is 14.6 Å². The molecule has 1 fully saturated rings. The molecule has 1 atom stereocenters. The van der Waals surface area contributed by atoms with E-state index in [1.807, 2.05) is 12.1 Å². The lowest BCUT2D eigenvalue weighted by atomic mass is 9.90. The molecule has 0 radical (unpaired) electrons. The average molecular weight is 283 g/mol. The Morgan fingerprint density at radius 1 is 1.47 bits per heavy atom. The minimum atomic E-state index is -0.782. The van der Waals surface area contributed by atoms with Gasteiger partial charge in [-0.25, -0.2) is 0 Å². The van der Waals surface area contributed by atoms with Gasteiger partial charge >= 0.3 is 5.97 Å². The highest BCUT2D eigenvalue weighted by atomic mass is 35.5. The van der Waals surface area contributed by atoms with Crippen molar-refractivity contribution in [3.8, 4) is 5.75 Å². The third-order valence-corrected chi connectivity index (χ3v) is 4.05. The summed E-state index contributed by atoms with van der Waals surface area (Å²) >= 11 is 6.31. The van der Waals surface area contributed by atoms with E-state index in [-0.39, 0.29) is 19.1 Å². The van der Waals surface area contributed by atoms with Crippen molar-refractivity contribution in [1.29, 1.82) is 0 Å². The topological polar surface area (TPSA) is 55.8 Å². The van der Waals surface area contributed by atoms with Crippen LogP contribution < -0.4 is 4.74 Å². The zero-order chi connectivity index (χ0) is 13.4. The van der Waals surface area contributed by atoms with Crippen LogP contribution in [0.4, 0.5) is 0 Å². The molecule has 19 heavy (non-hydrogen) atoms. The summed E-state index contributed by atoms with van der Waals surface area (Å²) in [5.41, 5.74) is 1.82. The number of ether oxygens (including phenoxy) is 2. The molecule has 1 aliphatic heterocycles. The fourth-order valence-electron chi connectivity index (χ4n) is 2.62. The minimum Gasteiger partial charge on any atom is -0.481 e. The van der Waals surface area contributed by atoms with Crippen molar-refractivity contribution in [3.05, 3.63) is 28.3 Å². The zero-order valence-corrected chi connectivity index (χ0v) is 11.2. The second kappa shape index (κ2) is 5.02. The van der Waals surface area contributed by atoms with Crippen LogP contribution in [0.2, 0.25) is 5.02 Å². The Bertz CT molecular complexity index is 510. The third kappa shape index (κ3) is 2.69. The molecule has 1 aliphatic carbocycles. The summed E-state index contributed by atoms with van der Waals surface area (Å²) in [6, 6.07) is 3.73. The van der Waals surface area contributed by atoms with Gasteiger partial charge in [-0.15, -0.1) is 0 Å². The zero-order valence-electron chi connectivity index (χ0n) is 10.4. The number of aliphatic carboxylic acids is 1. The highest BCUT2D eigenvalue weighted by Crippen LogP contribution is 2.47. The Kier molecular flexibility index (Phi) is 3.37. The van der Waals surface area contributed by atoms with Gasteiger partial charge in [-0.3, -0.25) is 4.79 Å². The van der Waals surface area contributed by atoms with Gasteiger partial charge in [0.2, 0.25) is 0 Å². The Balaban J connectivity index is 1.95. The van der Waals surface area contributed by atoms with Crippen molar-refractivity contribution < 1.29 is 19.4 Å². The molecule has 3 rings (SSSR count). The first-order valence-electron chi connectivity index (χ1n) is 6.40. The van der Waals surface area contributed by atoms with Crippen LogP contribution >= 0.6 is 11.6 Å². The first-order valence-corrected chi connectivity index (χ1v) is 6.77. The van der Waals surface area contributed by atoms with E-state index in [1.54, 1.807) is 0 Å². The Hall–Kier alpha value is -1.26. The molecular weight excluding hydrogens is 268 g/mol. The molecule has 1 saturated carbocycles. The molecular formula is C14H15ClO4. The molecule has 1 N–H and O–H groups in total. The molecule has 1 aromatic rings. The van der Waals surface area contributed by atoms with Gasteiger partial charge in [-0.05, 0) is 42.4 Å². The highest BCUT2D eigenvalue weighted by Gasteiger charge is 2.35. The molecule has 2 aliphatic rings.